The second kappa shape index (κ2) is 5.03. The molecule has 0 aromatic heterocycles. The molecular weight excluding hydrogens is 178 g/mol. The van der Waals surface area contributed by atoms with Gasteiger partial charge in [-0.15, -0.1) is 0 Å². The van der Waals surface area contributed by atoms with E-state index >= 15 is 0 Å². The third-order valence-electron chi connectivity index (χ3n) is 1.98. The topological polar surface area (TPSA) is 50.1 Å². The first kappa shape index (κ1) is 10.3. The van der Waals surface area contributed by atoms with Crippen LogP contribution < -0.4 is 0 Å². The molecule has 1 aromatic rings. The minimum absolute atomic E-state index is 0.149. The summed E-state index contributed by atoms with van der Waals surface area (Å²) in [6.07, 6.45) is 0.149. The van der Waals surface area contributed by atoms with Gasteiger partial charge in [0.2, 0.25) is 0 Å². The molecular formula is C11H11NO2. The van der Waals surface area contributed by atoms with Crippen LogP contribution in [0.1, 0.15) is 17.9 Å². The van der Waals surface area contributed by atoms with E-state index in [-0.39, 0.29) is 12.4 Å². The monoisotopic (exact) mass is 189 g/mol. The molecule has 1 aromatic carbocycles. The summed E-state index contributed by atoms with van der Waals surface area (Å²) < 4.78 is 4.63. The summed E-state index contributed by atoms with van der Waals surface area (Å²) in [5.41, 5.74) is 0.820. The van der Waals surface area contributed by atoms with Crippen molar-refractivity contribution in [1.29, 1.82) is 5.26 Å². The molecule has 0 aliphatic carbocycles. The van der Waals surface area contributed by atoms with Gasteiger partial charge in [0.05, 0.1) is 25.5 Å². The maximum Gasteiger partial charge on any atom is 0.314 e. The molecule has 0 aliphatic heterocycles. The summed E-state index contributed by atoms with van der Waals surface area (Å²) in [5, 5.41) is 8.58. The molecule has 3 nitrogen and oxygen atoms in total. The minimum Gasteiger partial charge on any atom is -0.469 e. The van der Waals surface area contributed by atoms with Crippen LogP contribution in [-0.4, -0.2) is 13.1 Å². The molecule has 0 bridgehead atoms. The zero-order valence-electron chi connectivity index (χ0n) is 7.93. The van der Waals surface area contributed by atoms with Gasteiger partial charge in [-0.1, -0.05) is 30.3 Å². The highest BCUT2D eigenvalue weighted by atomic mass is 16.5. The van der Waals surface area contributed by atoms with Gasteiger partial charge >= 0.3 is 5.97 Å². The Morgan fingerprint density at radius 1 is 1.50 bits per heavy atom. The number of nitrogens with zero attached hydrogens (tertiary/aromatic N) is 1. The summed E-state index contributed by atoms with van der Waals surface area (Å²) >= 11 is 0. The SMILES string of the molecule is COC(=O)C(CC#N)c1ccccc1. The summed E-state index contributed by atoms with van der Waals surface area (Å²) in [6.45, 7) is 0. The zero-order valence-corrected chi connectivity index (χ0v) is 7.93. The van der Waals surface area contributed by atoms with Crippen LogP contribution in [0.25, 0.3) is 0 Å². The Kier molecular flexibility index (Phi) is 3.69. The highest BCUT2D eigenvalue weighted by Gasteiger charge is 2.20. The van der Waals surface area contributed by atoms with Crippen LogP contribution in [0, 0.1) is 11.3 Å². The van der Waals surface area contributed by atoms with Gasteiger partial charge < -0.3 is 4.74 Å². The lowest BCUT2D eigenvalue weighted by molar-refractivity contribution is -0.142. The Morgan fingerprint density at radius 3 is 2.64 bits per heavy atom. The van der Waals surface area contributed by atoms with Gasteiger partial charge in [0.15, 0.2) is 0 Å². The summed E-state index contributed by atoms with van der Waals surface area (Å²) in [6, 6.07) is 11.2. The highest BCUT2D eigenvalue weighted by molar-refractivity contribution is 5.78. The molecule has 0 spiro atoms. The number of carbonyl (C=O) groups excluding carboxylic acids is 1. The Bertz CT molecular complexity index is 340. The largest absolute Gasteiger partial charge is 0.469 e. The predicted molar refractivity (Wildman–Crippen MR) is 51.4 cm³/mol. The van der Waals surface area contributed by atoms with E-state index in [4.69, 9.17) is 5.26 Å². The Morgan fingerprint density at radius 2 is 2.14 bits per heavy atom. The van der Waals surface area contributed by atoms with Crippen LogP contribution in [-0.2, 0) is 9.53 Å². The second-order valence-corrected chi connectivity index (χ2v) is 2.85. The number of benzene rings is 1. The number of methoxy groups -OCH3 is 1. The average molecular weight is 189 g/mol. The van der Waals surface area contributed by atoms with E-state index in [1.807, 2.05) is 36.4 Å². The fourth-order valence-corrected chi connectivity index (χ4v) is 1.26. The number of carbonyl (C=O) groups is 1. The van der Waals surface area contributed by atoms with Crippen LogP contribution >= 0.6 is 0 Å². The molecule has 1 atom stereocenters. The van der Waals surface area contributed by atoms with Crippen molar-refractivity contribution >= 4 is 5.97 Å². The van der Waals surface area contributed by atoms with Crippen molar-refractivity contribution in [3.05, 3.63) is 35.9 Å². The van der Waals surface area contributed by atoms with Crippen LogP contribution in [0.15, 0.2) is 30.3 Å². The van der Waals surface area contributed by atoms with Crippen LogP contribution in [0.5, 0.6) is 0 Å². The highest BCUT2D eigenvalue weighted by Crippen LogP contribution is 2.20. The van der Waals surface area contributed by atoms with Gasteiger partial charge in [0.25, 0.3) is 0 Å². The lowest BCUT2D eigenvalue weighted by atomic mass is 9.97. The minimum atomic E-state index is -0.466. The van der Waals surface area contributed by atoms with Gasteiger partial charge in [-0.2, -0.15) is 5.26 Å². The number of rotatable bonds is 3. The van der Waals surface area contributed by atoms with Crippen molar-refractivity contribution in [2.75, 3.05) is 7.11 Å². The molecule has 0 saturated heterocycles. The number of esters is 1. The molecule has 3 heteroatoms. The lowest BCUT2D eigenvalue weighted by Gasteiger charge is -2.10. The van der Waals surface area contributed by atoms with Gasteiger partial charge in [-0.25, -0.2) is 0 Å². The van der Waals surface area contributed by atoms with Crippen molar-refractivity contribution in [3.63, 3.8) is 0 Å². The number of nitriles is 1. The fourth-order valence-electron chi connectivity index (χ4n) is 1.26. The first-order chi connectivity index (χ1) is 6.79. The molecule has 1 unspecified atom stereocenters. The lowest BCUT2D eigenvalue weighted by Crippen LogP contribution is -2.13. The number of hydrogen-bond donors (Lipinski definition) is 0. The molecule has 0 amide bonds. The van der Waals surface area contributed by atoms with E-state index in [0.29, 0.717) is 0 Å². The van der Waals surface area contributed by atoms with Gasteiger partial charge in [-0.3, -0.25) is 4.79 Å². The van der Waals surface area contributed by atoms with E-state index in [0.717, 1.165) is 5.56 Å². The number of hydrogen-bond acceptors (Lipinski definition) is 3. The molecule has 0 heterocycles. The first-order valence-electron chi connectivity index (χ1n) is 4.29. The van der Waals surface area contributed by atoms with Crippen LogP contribution in [0.3, 0.4) is 0 Å². The predicted octanol–water partition coefficient (Wildman–Crippen LogP) is 1.86. The Hall–Kier alpha value is -1.82. The Balaban J connectivity index is 2.90. The molecule has 0 aliphatic rings. The molecule has 0 saturated carbocycles. The quantitative estimate of drug-likeness (QED) is 0.682. The third-order valence-corrected chi connectivity index (χ3v) is 1.98. The van der Waals surface area contributed by atoms with Crippen molar-refractivity contribution < 1.29 is 9.53 Å². The normalized spacial score (nSPS) is 11.4. The molecule has 72 valence electrons. The first-order valence-corrected chi connectivity index (χ1v) is 4.29. The second-order valence-electron chi connectivity index (χ2n) is 2.85. The summed E-state index contributed by atoms with van der Waals surface area (Å²) in [5.74, 6) is -0.830. The van der Waals surface area contributed by atoms with Crippen molar-refractivity contribution in [3.8, 4) is 6.07 Å². The maximum atomic E-state index is 11.3. The van der Waals surface area contributed by atoms with E-state index < -0.39 is 5.92 Å². The van der Waals surface area contributed by atoms with Gasteiger partial charge in [0.1, 0.15) is 0 Å². The molecule has 0 fully saturated rings. The smallest absolute Gasteiger partial charge is 0.314 e. The molecule has 1 rings (SSSR count). The molecule has 14 heavy (non-hydrogen) atoms. The van der Waals surface area contributed by atoms with E-state index in [2.05, 4.69) is 4.74 Å². The van der Waals surface area contributed by atoms with E-state index in [9.17, 15) is 4.79 Å². The van der Waals surface area contributed by atoms with E-state index in [1.165, 1.54) is 7.11 Å². The van der Waals surface area contributed by atoms with Crippen LogP contribution in [0.4, 0.5) is 0 Å². The van der Waals surface area contributed by atoms with Crippen molar-refractivity contribution in [2.24, 2.45) is 0 Å². The van der Waals surface area contributed by atoms with Crippen molar-refractivity contribution in [2.45, 2.75) is 12.3 Å². The van der Waals surface area contributed by atoms with Crippen molar-refractivity contribution in [1.82, 2.24) is 0 Å². The maximum absolute atomic E-state index is 11.3. The van der Waals surface area contributed by atoms with E-state index in [1.54, 1.807) is 0 Å². The number of ether oxygens (including phenoxy) is 1. The zero-order chi connectivity index (χ0) is 10.4. The standard InChI is InChI=1S/C11H11NO2/c1-14-11(13)10(7-8-12)9-5-3-2-4-6-9/h2-6,10H,7H2,1H3. The summed E-state index contributed by atoms with van der Waals surface area (Å²) in [4.78, 5) is 11.3. The van der Waals surface area contributed by atoms with Crippen LogP contribution in [0.2, 0.25) is 0 Å². The van der Waals surface area contributed by atoms with Gasteiger partial charge in [-0.05, 0) is 5.56 Å². The molecule has 0 radical (unpaired) electrons. The fraction of sp³-hybridized carbons (Fsp3) is 0.273. The van der Waals surface area contributed by atoms with Gasteiger partial charge in [0, 0.05) is 0 Å². The Labute approximate surface area is 82.9 Å². The average Bonchev–Trinajstić information content (AvgIpc) is 2.26. The third kappa shape index (κ3) is 2.33. The molecule has 0 N–H and O–H groups in total. The summed E-state index contributed by atoms with van der Waals surface area (Å²) in [7, 11) is 1.33.